The number of fused-ring (bicyclic) bond motifs is 3. The second-order valence-corrected chi connectivity index (χ2v) is 8.42. The maximum absolute atomic E-state index is 6.26. The molecule has 0 aliphatic carbocycles. The summed E-state index contributed by atoms with van der Waals surface area (Å²) in [5.74, 6) is 0.0887. The summed E-state index contributed by atoms with van der Waals surface area (Å²) >= 11 is 0. The Morgan fingerprint density at radius 1 is 0.688 bits per heavy atom. The van der Waals surface area contributed by atoms with E-state index in [1.165, 1.54) is 22.4 Å². The molecule has 2 heterocycles. The number of nitrogens with zero attached hydrogens (tertiary/aromatic N) is 2. The van der Waals surface area contributed by atoms with Crippen molar-refractivity contribution in [3.8, 4) is 0 Å². The second kappa shape index (κ2) is 8.01. The number of hydrogen-bond acceptors (Lipinski definition) is 3. The molecule has 0 fully saturated rings. The van der Waals surface area contributed by atoms with Gasteiger partial charge in [-0.3, -0.25) is 0 Å². The molecule has 0 radical (unpaired) electrons. The Bertz CT molecular complexity index is 1240. The molecular formula is C29H24N2O. The maximum atomic E-state index is 6.26. The molecule has 3 atom stereocenters. The Balaban J connectivity index is 1.51. The van der Waals surface area contributed by atoms with Crippen LogP contribution in [-0.2, 0) is 11.4 Å². The largest absolute Gasteiger partial charge is 0.389 e. The molecule has 4 aromatic rings. The number of benzene rings is 4. The van der Waals surface area contributed by atoms with Crippen molar-refractivity contribution in [1.82, 2.24) is 0 Å². The zero-order valence-corrected chi connectivity index (χ0v) is 17.7. The first-order valence-electron chi connectivity index (χ1n) is 11.1. The molecule has 0 bridgehead atoms. The van der Waals surface area contributed by atoms with Crippen molar-refractivity contribution >= 4 is 11.4 Å². The highest BCUT2D eigenvalue weighted by Crippen LogP contribution is 2.50. The molecule has 0 saturated carbocycles. The minimum Gasteiger partial charge on any atom is -0.389 e. The molecule has 3 heteroatoms. The van der Waals surface area contributed by atoms with Crippen LogP contribution in [0.5, 0.6) is 0 Å². The molecule has 32 heavy (non-hydrogen) atoms. The lowest BCUT2D eigenvalue weighted by atomic mass is 9.76. The minimum absolute atomic E-state index is 0.0567. The summed E-state index contributed by atoms with van der Waals surface area (Å²) in [6.07, 6.45) is -0.0915. The van der Waals surface area contributed by atoms with Crippen LogP contribution in [0.15, 0.2) is 120 Å². The van der Waals surface area contributed by atoms with E-state index in [4.69, 9.17) is 4.84 Å². The third-order valence-corrected chi connectivity index (χ3v) is 6.53. The van der Waals surface area contributed by atoms with Gasteiger partial charge in [-0.25, -0.2) is 0 Å². The van der Waals surface area contributed by atoms with Crippen LogP contribution in [0.1, 0.15) is 34.2 Å². The Morgan fingerprint density at radius 3 is 2.06 bits per heavy atom. The monoisotopic (exact) mass is 416 g/mol. The number of anilines is 1. The van der Waals surface area contributed by atoms with Crippen LogP contribution >= 0.6 is 0 Å². The van der Waals surface area contributed by atoms with Crippen LogP contribution in [0.25, 0.3) is 0 Å². The average molecular weight is 417 g/mol. The van der Waals surface area contributed by atoms with Gasteiger partial charge in [-0.15, -0.1) is 0 Å². The van der Waals surface area contributed by atoms with E-state index in [1.807, 2.05) is 6.07 Å². The van der Waals surface area contributed by atoms with Crippen LogP contribution in [-0.4, -0.2) is 11.8 Å². The van der Waals surface area contributed by atoms with Crippen LogP contribution in [0, 0.1) is 0 Å². The fourth-order valence-corrected chi connectivity index (χ4v) is 5.12. The van der Waals surface area contributed by atoms with E-state index in [-0.39, 0.29) is 18.1 Å². The minimum atomic E-state index is -0.0915. The molecule has 156 valence electrons. The van der Waals surface area contributed by atoms with Crippen LogP contribution in [0.3, 0.4) is 0 Å². The Morgan fingerprint density at radius 2 is 1.31 bits per heavy atom. The number of rotatable bonds is 4. The van der Waals surface area contributed by atoms with Crippen molar-refractivity contribution in [2.24, 2.45) is 5.16 Å². The zero-order chi connectivity index (χ0) is 21.3. The molecule has 2 aliphatic heterocycles. The molecular weight excluding hydrogens is 392 g/mol. The highest BCUT2D eigenvalue weighted by Gasteiger charge is 2.49. The van der Waals surface area contributed by atoms with Gasteiger partial charge in [0.05, 0.1) is 17.7 Å². The van der Waals surface area contributed by atoms with E-state index in [0.29, 0.717) is 0 Å². The lowest BCUT2D eigenvalue weighted by Crippen LogP contribution is -2.44. The summed E-state index contributed by atoms with van der Waals surface area (Å²) in [6, 6.07) is 40.6. The first-order valence-corrected chi connectivity index (χ1v) is 11.1. The number of oxime groups is 1. The fraction of sp³-hybridized carbons (Fsp3) is 0.138. The van der Waals surface area contributed by atoms with E-state index < -0.39 is 0 Å². The molecule has 3 nitrogen and oxygen atoms in total. The van der Waals surface area contributed by atoms with Gasteiger partial charge in [0.1, 0.15) is 0 Å². The van der Waals surface area contributed by atoms with E-state index in [9.17, 15) is 0 Å². The predicted molar refractivity (Wildman–Crippen MR) is 129 cm³/mol. The van der Waals surface area contributed by atoms with Crippen molar-refractivity contribution in [2.45, 2.75) is 24.6 Å². The summed E-state index contributed by atoms with van der Waals surface area (Å²) < 4.78 is 0. The van der Waals surface area contributed by atoms with Crippen LogP contribution < -0.4 is 4.90 Å². The predicted octanol–water partition coefficient (Wildman–Crippen LogP) is 6.33. The van der Waals surface area contributed by atoms with Gasteiger partial charge in [0.15, 0.2) is 6.10 Å². The highest BCUT2D eigenvalue weighted by molar-refractivity contribution is 6.07. The second-order valence-electron chi connectivity index (χ2n) is 8.42. The fourth-order valence-electron chi connectivity index (χ4n) is 5.12. The summed E-state index contributed by atoms with van der Waals surface area (Å²) in [7, 11) is 0. The van der Waals surface area contributed by atoms with Gasteiger partial charge in [0, 0.05) is 17.8 Å². The van der Waals surface area contributed by atoms with Crippen molar-refractivity contribution in [3.05, 3.63) is 138 Å². The number of para-hydroxylation sites is 1. The van der Waals surface area contributed by atoms with Gasteiger partial charge in [-0.2, -0.15) is 0 Å². The quantitative estimate of drug-likeness (QED) is 0.388. The van der Waals surface area contributed by atoms with E-state index >= 15 is 0 Å². The van der Waals surface area contributed by atoms with Crippen LogP contribution in [0.4, 0.5) is 5.69 Å². The van der Waals surface area contributed by atoms with Gasteiger partial charge >= 0.3 is 0 Å². The highest BCUT2D eigenvalue weighted by atomic mass is 16.6. The number of hydrogen-bond donors (Lipinski definition) is 0. The molecule has 0 N–H and O–H groups in total. The summed E-state index contributed by atoms with van der Waals surface area (Å²) in [5.41, 5.74) is 7.20. The smallest absolute Gasteiger partial charge is 0.164 e. The lowest BCUT2D eigenvalue weighted by molar-refractivity contribution is 0.0497. The molecule has 0 saturated heterocycles. The summed E-state index contributed by atoms with van der Waals surface area (Å²) in [6.45, 7) is 0.810. The maximum Gasteiger partial charge on any atom is 0.164 e. The Labute approximate surface area is 188 Å². The van der Waals surface area contributed by atoms with E-state index in [2.05, 4.69) is 119 Å². The molecule has 2 aliphatic rings. The van der Waals surface area contributed by atoms with E-state index in [1.54, 1.807) is 0 Å². The third-order valence-electron chi connectivity index (χ3n) is 6.53. The average Bonchev–Trinajstić information content (AvgIpc) is 3.31. The third kappa shape index (κ3) is 3.18. The summed E-state index contributed by atoms with van der Waals surface area (Å²) in [4.78, 5) is 8.75. The van der Waals surface area contributed by atoms with Gasteiger partial charge in [-0.05, 0) is 22.8 Å². The Kier molecular flexibility index (Phi) is 4.73. The first kappa shape index (κ1) is 18.9. The van der Waals surface area contributed by atoms with Gasteiger partial charge in [-0.1, -0.05) is 114 Å². The van der Waals surface area contributed by atoms with Gasteiger partial charge in [0.25, 0.3) is 0 Å². The first-order chi connectivity index (χ1) is 15.9. The van der Waals surface area contributed by atoms with Crippen molar-refractivity contribution in [3.63, 3.8) is 0 Å². The van der Waals surface area contributed by atoms with Crippen LogP contribution in [0.2, 0.25) is 0 Å². The SMILES string of the molecule is c1ccc(CN2c3ccccc3[C@@H]3C(c4ccccc4)=NO[C@@H]3[C@H]2c2ccccc2)cc1. The molecule has 4 aromatic carbocycles. The lowest BCUT2D eigenvalue weighted by Gasteiger charge is -2.44. The topological polar surface area (TPSA) is 24.8 Å². The van der Waals surface area contributed by atoms with Crippen molar-refractivity contribution in [1.29, 1.82) is 0 Å². The van der Waals surface area contributed by atoms with Crippen molar-refractivity contribution < 1.29 is 4.84 Å². The normalized spacial score (nSPS) is 21.3. The molecule has 0 spiro atoms. The molecule has 0 unspecified atom stereocenters. The standard InChI is InChI=1S/C29H24N2O/c1-4-12-21(13-5-1)20-31-25-19-11-10-18-24(25)26-27(22-14-6-2-7-15-22)30-32-29(26)28(31)23-16-8-3-9-17-23/h1-19,26,28-29H,20H2/t26-,28-,29+/m1/s1. The summed E-state index contributed by atoms with van der Waals surface area (Å²) in [5, 5.41) is 4.66. The zero-order valence-electron chi connectivity index (χ0n) is 17.7. The van der Waals surface area contributed by atoms with Gasteiger partial charge < -0.3 is 9.74 Å². The Hall–Kier alpha value is -3.85. The molecule has 6 rings (SSSR count). The van der Waals surface area contributed by atoms with Crippen molar-refractivity contribution in [2.75, 3.05) is 4.90 Å². The van der Waals surface area contributed by atoms with Gasteiger partial charge in [0.2, 0.25) is 0 Å². The van der Waals surface area contributed by atoms with E-state index in [0.717, 1.165) is 17.8 Å². The molecule has 0 amide bonds. The molecule has 0 aromatic heterocycles.